The van der Waals surface area contributed by atoms with Crippen LogP contribution in [0.2, 0.25) is 0 Å². The highest BCUT2D eigenvalue weighted by atomic mass is 16.4. The summed E-state index contributed by atoms with van der Waals surface area (Å²) >= 11 is 0. The van der Waals surface area contributed by atoms with Gasteiger partial charge in [0.2, 0.25) is 0 Å². The van der Waals surface area contributed by atoms with Crippen molar-refractivity contribution in [2.75, 3.05) is 6.54 Å². The number of carboxylic acids is 1. The number of hydrogen-bond donors (Lipinski definition) is 3. The highest BCUT2D eigenvalue weighted by Crippen LogP contribution is 2.20. The van der Waals surface area contributed by atoms with Crippen LogP contribution >= 0.6 is 0 Å². The first-order valence-electron chi connectivity index (χ1n) is 4.77. The zero-order chi connectivity index (χ0) is 11.4. The van der Waals surface area contributed by atoms with Gasteiger partial charge in [-0.1, -0.05) is 24.3 Å². The van der Waals surface area contributed by atoms with Crippen LogP contribution in [0.15, 0.2) is 24.3 Å². The maximum absolute atomic E-state index is 10.9. The van der Waals surface area contributed by atoms with Crippen LogP contribution in [0.4, 0.5) is 0 Å². The lowest BCUT2D eigenvalue weighted by atomic mass is 9.96. The number of benzene rings is 1. The Labute approximate surface area is 88.3 Å². The van der Waals surface area contributed by atoms with Gasteiger partial charge >= 0.3 is 5.97 Å². The molecule has 0 radical (unpaired) electrons. The van der Waals surface area contributed by atoms with Crippen molar-refractivity contribution in [2.45, 2.75) is 18.9 Å². The van der Waals surface area contributed by atoms with E-state index in [4.69, 9.17) is 10.8 Å². The highest BCUT2D eigenvalue weighted by molar-refractivity contribution is 5.76. The zero-order valence-electron chi connectivity index (χ0n) is 8.55. The monoisotopic (exact) mass is 209 g/mol. The third-order valence-corrected chi connectivity index (χ3v) is 2.33. The van der Waals surface area contributed by atoms with E-state index in [1.807, 2.05) is 0 Å². The van der Waals surface area contributed by atoms with Gasteiger partial charge in [-0.05, 0) is 18.1 Å². The van der Waals surface area contributed by atoms with Gasteiger partial charge in [-0.3, -0.25) is 4.79 Å². The van der Waals surface area contributed by atoms with Gasteiger partial charge in [0.15, 0.2) is 0 Å². The molecule has 0 aliphatic heterocycles. The van der Waals surface area contributed by atoms with Crippen molar-refractivity contribution in [1.29, 1.82) is 0 Å². The second-order valence-corrected chi connectivity index (χ2v) is 3.47. The fourth-order valence-corrected chi connectivity index (χ4v) is 1.42. The average Bonchev–Trinajstić information content (AvgIpc) is 2.18. The topological polar surface area (TPSA) is 83.5 Å². The number of nitrogens with two attached hydrogens (primary N) is 1. The smallest absolute Gasteiger partial charge is 0.312 e. The molecule has 0 aliphatic rings. The summed E-state index contributed by atoms with van der Waals surface area (Å²) < 4.78 is 0. The van der Waals surface area contributed by atoms with Crippen molar-refractivity contribution in [2.24, 2.45) is 5.73 Å². The van der Waals surface area contributed by atoms with Crippen molar-refractivity contribution in [3.63, 3.8) is 0 Å². The lowest BCUT2D eigenvalue weighted by Crippen LogP contribution is -2.21. The molecule has 0 aromatic heterocycles. The molecule has 1 aromatic rings. The molecule has 2 unspecified atom stereocenters. The molecule has 0 amide bonds. The van der Waals surface area contributed by atoms with Gasteiger partial charge in [-0.25, -0.2) is 0 Å². The number of aliphatic hydroxyl groups excluding tert-OH is 1. The molecule has 0 saturated heterocycles. The van der Waals surface area contributed by atoms with E-state index in [9.17, 15) is 9.90 Å². The molecular formula is C11H15NO3. The Morgan fingerprint density at radius 3 is 2.53 bits per heavy atom. The summed E-state index contributed by atoms with van der Waals surface area (Å²) in [5.74, 6) is -1.65. The molecule has 4 heteroatoms. The molecule has 4 nitrogen and oxygen atoms in total. The van der Waals surface area contributed by atoms with Crippen LogP contribution in [0.3, 0.4) is 0 Å². The van der Waals surface area contributed by atoms with Crippen LogP contribution in [-0.2, 0) is 4.79 Å². The van der Waals surface area contributed by atoms with E-state index >= 15 is 0 Å². The lowest BCUT2D eigenvalue weighted by Gasteiger charge is -2.12. The summed E-state index contributed by atoms with van der Waals surface area (Å²) in [7, 11) is 0. The van der Waals surface area contributed by atoms with Crippen LogP contribution in [0.1, 0.15) is 30.1 Å². The fourth-order valence-electron chi connectivity index (χ4n) is 1.42. The van der Waals surface area contributed by atoms with Gasteiger partial charge < -0.3 is 15.9 Å². The van der Waals surface area contributed by atoms with E-state index in [1.165, 1.54) is 0 Å². The predicted octanol–water partition coefficient (Wildman–Crippen LogP) is 0.867. The largest absolute Gasteiger partial charge is 0.481 e. The van der Waals surface area contributed by atoms with Crippen LogP contribution in [0, 0.1) is 0 Å². The summed E-state index contributed by atoms with van der Waals surface area (Å²) in [5, 5.41) is 18.3. The molecule has 2 atom stereocenters. The first kappa shape index (κ1) is 11.7. The van der Waals surface area contributed by atoms with E-state index in [1.54, 1.807) is 31.2 Å². The SMILES string of the molecule is CC(O)c1cccc(C(CN)C(=O)O)c1. The molecule has 0 aliphatic carbocycles. The van der Waals surface area contributed by atoms with Crippen LogP contribution < -0.4 is 5.73 Å². The summed E-state index contributed by atoms with van der Waals surface area (Å²) in [5.41, 5.74) is 6.72. The second-order valence-electron chi connectivity index (χ2n) is 3.47. The van der Waals surface area contributed by atoms with Gasteiger partial charge in [0, 0.05) is 6.54 Å². The Bertz CT molecular complexity index is 349. The Hall–Kier alpha value is -1.39. The van der Waals surface area contributed by atoms with Crippen molar-refractivity contribution in [3.05, 3.63) is 35.4 Å². The van der Waals surface area contributed by atoms with Crippen LogP contribution in [0.5, 0.6) is 0 Å². The molecule has 0 bridgehead atoms. The minimum atomic E-state index is -0.944. The number of hydrogen-bond acceptors (Lipinski definition) is 3. The Morgan fingerprint density at radius 1 is 1.47 bits per heavy atom. The van der Waals surface area contributed by atoms with E-state index in [0.717, 1.165) is 0 Å². The van der Waals surface area contributed by atoms with Crippen molar-refractivity contribution in [1.82, 2.24) is 0 Å². The predicted molar refractivity (Wildman–Crippen MR) is 56.5 cm³/mol. The second kappa shape index (κ2) is 4.91. The molecular weight excluding hydrogens is 194 g/mol. The zero-order valence-corrected chi connectivity index (χ0v) is 8.55. The van der Waals surface area contributed by atoms with Gasteiger partial charge in [0.05, 0.1) is 12.0 Å². The fraction of sp³-hybridized carbons (Fsp3) is 0.364. The Morgan fingerprint density at radius 2 is 2.07 bits per heavy atom. The van der Waals surface area contributed by atoms with Crippen molar-refractivity contribution >= 4 is 5.97 Å². The molecule has 0 saturated carbocycles. The molecule has 0 heterocycles. The Kier molecular flexibility index (Phi) is 3.82. The van der Waals surface area contributed by atoms with E-state index in [0.29, 0.717) is 11.1 Å². The normalized spacial score (nSPS) is 14.6. The lowest BCUT2D eigenvalue weighted by molar-refractivity contribution is -0.138. The molecule has 0 spiro atoms. The summed E-state index contributed by atoms with van der Waals surface area (Å²) in [6, 6.07) is 6.86. The molecule has 0 fully saturated rings. The van der Waals surface area contributed by atoms with Gasteiger partial charge in [0.25, 0.3) is 0 Å². The molecule has 82 valence electrons. The average molecular weight is 209 g/mol. The minimum absolute atomic E-state index is 0.0542. The molecule has 1 aromatic carbocycles. The van der Waals surface area contributed by atoms with Gasteiger partial charge in [-0.2, -0.15) is 0 Å². The molecule has 15 heavy (non-hydrogen) atoms. The quantitative estimate of drug-likeness (QED) is 0.687. The van der Waals surface area contributed by atoms with Crippen LogP contribution in [0.25, 0.3) is 0 Å². The molecule has 4 N–H and O–H groups in total. The van der Waals surface area contributed by atoms with E-state index in [-0.39, 0.29) is 6.54 Å². The number of aliphatic carboxylic acids is 1. The third-order valence-electron chi connectivity index (χ3n) is 2.33. The van der Waals surface area contributed by atoms with Crippen LogP contribution in [-0.4, -0.2) is 22.7 Å². The van der Waals surface area contributed by atoms with Crippen molar-refractivity contribution < 1.29 is 15.0 Å². The van der Waals surface area contributed by atoms with E-state index < -0.39 is 18.0 Å². The number of aliphatic hydroxyl groups is 1. The van der Waals surface area contributed by atoms with E-state index in [2.05, 4.69) is 0 Å². The highest BCUT2D eigenvalue weighted by Gasteiger charge is 2.18. The third kappa shape index (κ3) is 2.78. The molecule has 1 rings (SSSR count). The maximum Gasteiger partial charge on any atom is 0.312 e. The number of carboxylic acid groups (broad SMARTS) is 1. The van der Waals surface area contributed by atoms with Crippen molar-refractivity contribution in [3.8, 4) is 0 Å². The summed E-state index contributed by atoms with van der Waals surface area (Å²) in [4.78, 5) is 10.9. The van der Waals surface area contributed by atoms with Gasteiger partial charge in [0.1, 0.15) is 0 Å². The first-order chi connectivity index (χ1) is 7.06. The van der Waals surface area contributed by atoms with Gasteiger partial charge in [-0.15, -0.1) is 0 Å². The first-order valence-corrected chi connectivity index (χ1v) is 4.77. The standard InChI is InChI=1S/C11H15NO3/c1-7(13)8-3-2-4-9(5-8)10(6-12)11(14)15/h2-5,7,10,13H,6,12H2,1H3,(H,14,15). The number of carbonyl (C=O) groups is 1. The summed E-state index contributed by atoms with van der Waals surface area (Å²) in [6.07, 6.45) is -0.600. The Balaban J connectivity index is 3.03. The maximum atomic E-state index is 10.9. The minimum Gasteiger partial charge on any atom is -0.481 e. The summed E-state index contributed by atoms with van der Waals surface area (Å²) in [6.45, 7) is 1.69. The number of rotatable bonds is 4.